The molecule has 0 saturated heterocycles. The summed E-state index contributed by atoms with van der Waals surface area (Å²) >= 11 is 5.85. The van der Waals surface area contributed by atoms with Gasteiger partial charge in [0, 0.05) is 17.3 Å². The number of halogens is 1. The van der Waals surface area contributed by atoms with Crippen LogP contribution in [0.3, 0.4) is 0 Å². The average Bonchev–Trinajstić information content (AvgIpc) is 2.77. The molecular formula is C16H30ClNO. The Kier molecular flexibility index (Phi) is 6.65. The molecule has 2 nitrogen and oxygen atoms in total. The van der Waals surface area contributed by atoms with E-state index in [1.165, 1.54) is 12.8 Å². The van der Waals surface area contributed by atoms with Gasteiger partial charge in [-0.1, -0.05) is 40.5 Å². The van der Waals surface area contributed by atoms with Gasteiger partial charge in [0.15, 0.2) is 0 Å². The van der Waals surface area contributed by atoms with Crippen LogP contribution in [0, 0.1) is 17.3 Å². The quantitative estimate of drug-likeness (QED) is 0.693. The molecule has 0 heterocycles. The van der Waals surface area contributed by atoms with Gasteiger partial charge in [0.2, 0.25) is 5.91 Å². The standard InChI is InChI=1S/C16H30ClNO/c1-12(2)11-16(8-5-6-9-16)15(19)18-14(7-10-17)13(3)4/h12-14H,5-11H2,1-4H3,(H,18,19). The van der Waals surface area contributed by atoms with Crippen LogP contribution in [-0.2, 0) is 4.79 Å². The van der Waals surface area contributed by atoms with Crippen LogP contribution < -0.4 is 5.32 Å². The Morgan fingerprint density at radius 1 is 1.21 bits per heavy atom. The summed E-state index contributed by atoms with van der Waals surface area (Å²) in [6, 6.07) is 0.217. The molecule has 1 fully saturated rings. The second-order valence-corrected chi connectivity index (χ2v) is 7.27. The number of rotatable bonds is 7. The Balaban J connectivity index is 2.71. The van der Waals surface area contributed by atoms with Crippen molar-refractivity contribution in [2.45, 2.75) is 72.3 Å². The maximum absolute atomic E-state index is 12.7. The van der Waals surface area contributed by atoms with Gasteiger partial charge < -0.3 is 5.32 Å². The van der Waals surface area contributed by atoms with E-state index in [0.29, 0.717) is 17.7 Å². The van der Waals surface area contributed by atoms with Gasteiger partial charge in [-0.2, -0.15) is 0 Å². The van der Waals surface area contributed by atoms with Gasteiger partial charge in [0.1, 0.15) is 0 Å². The number of hydrogen-bond acceptors (Lipinski definition) is 1. The van der Waals surface area contributed by atoms with Crippen molar-refractivity contribution in [1.29, 1.82) is 0 Å². The minimum atomic E-state index is -0.104. The fourth-order valence-electron chi connectivity index (χ4n) is 3.37. The second kappa shape index (κ2) is 7.52. The zero-order valence-electron chi connectivity index (χ0n) is 13.0. The van der Waals surface area contributed by atoms with Crippen molar-refractivity contribution in [2.24, 2.45) is 17.3 Å². The van der Waals surface area contributed by atoms with E-state index < -0.39 is 0 Å². The average molecular weight is 288 g/mol. The van der Waals surface area contributed by atoms with E-state index >= 15 is 0 Å². The predicted octanol–water partition coefficient (Wildman–Crippen LogP) is 4.36. The first-order valence-electron chi connectivity index (χ1n) is 7.78. The third-order valence-corrected chi connectivity index (χ3v) is 4.60. The van der Waals surface area contributed by atoms with Crippen molar-refractivity contribution in [1.82, 2.24) is 5.32 Å². The lowest BCUT2D eigenvalue weighted by molar-refractivity contribution is -0.132. The Bertz CT molecular complexity index is 282. The summed E-state index contributed by atoms with van der Waals surface area (Å²) in [6.07, 6.45) is 6.39. The summed E-state index contributed by atoms with van der Waals surface area (Å²) in [5.74, 6) is 1.91. The molecule has 0 radical (unpaired) electrons. The summed E-state index contributed by atoms with van der Waals surface area (Å²) in [5, 5.41) is 3.28. The normalized spacial score (nSPS) is 19.9. The molecule has 1 unspecified atom stereocenters. The molecular weight excluding hydrogens is 258 g/mol. The molecule has 19 heavy (non-hydrogen) atoms. The third-order valence-electron chi connectivity index (χ3n) is 4.38. The Labute approximate surface area is 123 Å². The van der Waals surface area contributed by atoms with Crippen molar-refractivity contribution in [3.8, 4) is 0 Å². The number of hydrogen-bond donors (Lipinski definition) is 1. The van der Waals surface area contributed by atoms with Crippen LogP contribution in [0.15, 0.2) is 0 Å². The van der Waals surface area contributed by atoms with Crippen molar-refractivity contribution in [2.75, 3.05) is 5.88 Å². The SMILES string of the molecule is CC(C)CC1(C(=O)NC(CCCl)C(C)C)CCCC1. The number of amides is 1. The highest BCUT2D eigenvalue weighted by Crippen LogP contribution is 2.43. The van der Waals surface area contributed by atoms with Gasteiger partial charge in [0.05, 0.1) is 0 Å². The molecule has 0 aromatic carbocycles. The van der Waals surface area contributed by atoms with Crippen molar-refractivity contribution >= 4 is 17.5 Å². The minimum absolute atomic E-state index is 0.104. The minimum Gasteiger partial charge on any atom is -0.353 e. The Hall–Kier alpha value is -0.240. The molecule has 0 spiro atoms. The van der Waals surface area contributed by atoms with E-state index in [4.69, 9.17) is 11.6 Å². The fraction of sp³-hybridized carbons (Fsp3) is 0.938. The van der Waals surface area contributed by atoms with Crippen LogP contribution in [0.1, 0.15) is 66.2 Å². The molecule has 1 aliphatic carbocycles. The first kappa shape index (κ1) is 16.8. The molecule has 1 aliphatic rings. The van der Waals surface area contributed by atoms with E-state index in [9.17, 15) is 4.79 Å². The number of nitrogens with one attached hydrogen (secondary N) is 1. The van der Waals surface area contributed by atoms with Gasteiger partial charge in [0.25, 0.3) is 0 Å². The number of alkyl halides is 1. The van der Waals surface area contributed by atoms with Gasteiger partial charge in [-0.05, 0) is 37.5 Å². The summed E-state index contributed by atoms with van der Waals surface area (Å²) in [4.78, 5) is 12.7. The zero-order chi connectivity index (χ0) is 14.5. The van der Waals surface area contributed by atoms with Gasteiger partial charge >= 0.3 is 0 Å². The van der Waals surface area contributed by atoms with Crippen molar-refractivity contribution in [3.63, 3.8) is 0 Å². The van der Waals surface area contributed by atoms with Crippen LogP contribution in [0.5, 0.6) is 0 Å². The molecule has 1 atom stereocenters. The summed E-state index contributed by atoms with van der Waals surface area (Å²) in [5.41, 5.74) is -0.104. The summed E-state index contributed by atoms with van der Waals surface area (Å²) in [6.45, 7) is 8.74. The molecule has 1 rings (SSSR count). The predicted molar refractivity (Wildman–Crippen MR) is 82.5 cm³/mol. The molecule has 0 aliphatic heterocycles. The molecule has 1 N–H and O–H groups in total. The first-order valence-corrected chi connectivity index (χ1v) is 8.31. The molecule has 1 saturated carbocycles. The monoisotopic (exact) mass is 287 g/mol. The molecule has 0 aromatic rings. The maximum atomic E-state index is 12.7. The van der Waals surface area contributed by atoms with Gasteiger partial charge in [-0.15, -0.1) is 11.6 Å². The maximum Gasteiger partial charge on any atom is 0.226 e. The van der Waals surface area contributed by atoms with Crippen LogP contribution in [0.4, 0.5) is 0 Å². The smallest absolute Gasteiger partial charge is 0.226 e. The molecule has 1 amide bonds. The van der Waals surface area contributed by atoms with E-state index in [-0.39, 0.29) is 17.4 Å². The lowest BCUT2D eigenvalue weighted by Crippen LogP contribution is -2.47. The molecule has 3 heteroatoms. The Morgan fingerprint density at radius 3 is 2.21 bits per heavy atom. The lowest BCUT2D eigenvalue weighted by atomic mass is 9.77. The third kappa shape index (κ3) is 4.66. The highest BCUT2D eigenvalue weighted by Gasteiger charge is 2.41. The van der Waals surface area contributed by atoms with E-state index in [1.807, 2.05) is 0 Å². The number of carbonyl (C=O) groups is 1. The van der Waals surface area contributed by atoms with Gasteiger partial charge in [-0.3, -0.25) is 4.79 Å². The van der Waals surface area contributed by atoms with Crippen LogP contribution in [0.2, 0.25) is 0 Å². The first-order chi connectivity index (χ1) is 8.91. The van der Waals surface area contributed by atoms with Crippen molar-refractivity contribution < 1.29 is 4.79 Å². The van der Waals surface area contributed by atoms with Crippen LogP contribution >= 0.6 is 11.6 Å². The topological polar surface area (TPSA) is 29.1 Å². The van der Waals surface area contributed by atoms with E-state index in [1.54, 1.807) is 0 Å². The van der Waals surface area contributed by atoms with Crippen LogP contribution in [-0.4, -0.2) is 17.8 Å². The van der Waals surface area contributed by atoms with Crippen molar-refractivity contribution in [3.05, 3.63) is 0 Å². The Morgan fingerprint density at radius 2 is 1.79 bits per heavy atom. The molecule has 0 aromatic heterocycles. The van der Waals surface area contributed by atoms with Crippen LogP contribution in [0.25, 0.3) is 0 Å². The lowest BCUT2D eigenvalue weighted by Gasteiger charge is -2.33. The summed E-state index contributed by atoms with van der Waals surface area (Å²) < 4.78 is 0. The zero-order valence-corrected chi connectivity index (χ0v) is 13.7. The second-order valence-electron chi connectivity index (χ2n) is 6.89. The molecule has 112 valence electrons. The largest absolute Gasteiger partial charge is 0.353 e. The fourth-order valence-corrected chi connectivity index (χ4v) is 3.60. The highest BCUT2D eigenvalue weighted by molar-refractivity contribution is 6.17. The summed E-state index contributed by atoms with van der Waals surface area (Å²) in [7, 11) is 0. The van der Waals surface area contributed by atoms with Gasteiger partial charge in [-0.25, -0.2) is 0 Å². The van der Waals surface area contributed by atoms with E-state index in [2.05, 4.69) is 33.0 Å². The van der Waals surface area contributed by atoms with E-state index in [0.717, 1.165) is 25.7 Å². The highest BCUT2D eigenvalue weighted by atomic mass is 35.5. The number of carbonyl (C=O) groups excluding carboxylic acids is 1. The molecule has 0 bridgehead atoms.